The van der Waals surface area contributed by atoms with Crippen LogP contribution in [0.1, 0.15) is 19.5 Å². The largest absolute Gasteiger partial charge is 0.450 e. The molecule has 0 saturated heterocycles. The Morgan fingerprint density at radius 2 is 2.00 bits per heavy atom. The summed E-state index contributed by atoms with van der Waals surface area (Å²) in [6.45, 7) is 5.27. The van der Waals surface area contributed by atoms with E-state index in [1.165, 1.54) is 0 Å². The number of imide groups is 1. The first kappa shape index (κ1) is 17.7. The summed E-state index contributed by atoms with van der Waals surface area (Å²) in [5.74, 6) is 0.314. The van der Waals surface area contributed by atoms with Crippen molar-refractivity contribution in [3.8, 4) is 11.3 Å². The fraction of sp³-hybridized carbons (Fsp3) is 0.353. The van der Waals surface area contributed by atoms with Crippen LogP contribution < -0.4 is 10.2 Å². The van der Waals surface area contributed by atoms with E-state index < -0.39 is 6.09 Å². The Morgan fingerprint density at radius 3 is 2.67 bits per heavy atom. The summed E-state index contributed by atoms with van der Waals surface area (Å²) in [5.41, 5.74) is 1.71. The average Bonchev–Trinajstić information content (AvgIpc) is 3.03. The number of carbonyl (C=O) groups is 2. The number of aromatic nitrogens is 1. The lowest BCUT2D eigenvalue weighted by molar-refractivity contribution is -0.904. The molecule has 2 rings (SSSR count). The average molecular weight is 332 g/mol. The van der Waals surface area contributed by atoms with Crippen molar-refractivity contribution in [1.82, 2.24) is 10.5 Å². The molecular weight excluding hydrogens is 310 g/mol. The van der Waals surface area contributed by atoms with Crippen LogP contribution in [-0.4, -0.2) is 36.9 Å². The number of benzene rings is 1. The predicted molar refractivity (Wildman–Crippen MR) is 87.2 cm³/mol. The number of hydrogen-bond donors (Lipinski definition) is 2. The number of carbonyl (C=O) groups excluding carboxylic acids is 2. The van der Waals surface area contributed by atoms with E-state index in [0.29, 0.717) is 18.8 Å². The highest BCUT2D eigenvalue weighted by atomic mass is 16.5. The fourth-order valence-corrected chi connectivity index (χ4v) is 2.25. The van der Waals surface area contributed by atoms with Gasteiger partial charge in [0.25, 0.3) is 5.91 Å². The maximum atomic E-state index is 11.8. The molecule has 128 valence electrons. The number of likely N-dealkylation sites (N-methyl/N-ethyl adjacent to an activating group) is 1. The zero-order valence-electron chi connectivity index (χ0n) is 13.9. The Kier molecular flexibility index (Phi) is 6.51. The predicted octanol–water partition coefficient (Wildman–Crippen LogP) is 1.02. The van der Waals surface area contributed by atoms with Gasteiger partial charge >= 0.3 is 6.09 Å². The molecule has 0 saturated carbocycles. The van der Waals surface area contributed by atoms with Crippen LogP contribution in [0, 0.1) is 0 Å². The van der Waals surface area contributed by atoms with E-state index >= 15 is 0 Å². The third kappa shape index (κ3) is 5.20. The SMILES string of the molecule is CCOC(=O)NC(=O)C[NH+](CC)Cc1cc(-c2ccccc2)on1. The molecule has 1 heterocycles. The van der Waals surface area contributed by atoms with Crippen molar-refractivity contribution >= 4 is 12.0 Å². The Morgan fingerprint density at radius 1 is 1.25 bits per heavy atom. The number of nitrogens with one attached hydrogen (secondary N) is 2. The molecule has 1 unspecified atom stereocenters. The lowest BCUT2D eigenvalue weighted by Gasteiger charge is -2.15. The van der Waals surface area contributed by atoms with Gasteiger partial charge in [0.1, 0.15) is 12.2 Å². The maximum absolute atomic E-state index is 11.8. The van der Waals surface area contributed by atoms with Crippen molar-refractivity contribution in [1.29, 1.82) is 0 Å². The molecule has 0 aliphatic rings. The minimum absolute atomic E-state index is 0.156. The van der Waals surface area contributed by atoms with Crippen LogP contribution >= 0.6 is 0 Å². The zero-order valence-corrected chi connectivity index (χ0v) is 13.9. The Labute approximate surface area is 140 Å². The first-order valence-corrected chi connectivity index (χ1v) is 7.93. The maximum Gasteiger partial charge on any atom is 0.414 e. The third-order valence-corrected chi connectivity index (χ3v) is 3.48. The van der Waals surface area contributed by atoms with Crippen LogP contribution in [0.5, 0.6) is 0 Å². The van der Waals surface area contributed by atoms with E-state index in [2.05, 4.69) is 10.5 Å². The molecule has 1 aromatic heterocycles. The number of hydrogen-bond acceptors (Lipinski definition) is 5. The van der Waals surface area contributed by atoms with Gasteiger partial charge in [-0.15, -0.1) is 0 Å². The van der Waals surface area contributed by atoms with Gasteiger partial charge in [0, 0.05) is 11.6 Å². The van der Waals surface area contributed by atoms with Crippen molar-refractivity contribution in [3.63, 3.8) is 0 Å². The molecule has 7 nitrogen and oxygen atoms in total. The number of alkyl carbamates (subject to hydrolysis) is 1. The van der Waals surface area contributed by atoms with Crippen LogP contribution in [-0.2, 0) is 16.1 Å². The van der Waals surface area contributed by atoms with E-state index in [4.69, 9.17) is 9.26 Å². The highest BCUT2D eigenvalue weighted by Crippen LogP contribution is 2.19. The van der Waals surface area contributed by atoms with Crippen LogP contribution in [0.15, 0.2) is 40.9 Å². The van der Waals surface area contributed by atoms with Gasteiger partial charge < -0.3 is 14.2 Å². The second kappa shape index (κ2) is 8.83. The van der Waals surface area contributed by atoms with Gasteiger partial charge in [0.05, 0.1) is 13.2 Å². The molecule has 0 aliphatic heterocycles. The van der Waals surface area contributed by atoms with Gasteiger partial charge in [-0.1, -0.05) is 35.5 Å². The Balaban J connectivity index is 1.92. The van der Waals surface area contributed by atoms with Crippen LogP contribution in [0.4, 0.5) is 4.79 Å². The Hall–Kier alpha value is -2.67. The first-order chi connectivity index (χ1) is 11.6. The van der Waals surface area contributed by atoms with E-state index in [9.17, 15) is 9.59 Å². The monoisotopic (exact) mass is 332 g/mol. The second-order valence-corrected chi connectivity index (χ2v) is 5.27. The first-order valence-electron chi connectivity index (χ1n) is 7.93. The Bertz CT molecular complexity index is 669. The molecule has 0 radical (unpaired) electrons. The highest BCUT2D eigenvalue weighted by molar-refractivity contribution is 5.92. The van der Waals surface area contributed by atoms with E-state index in [1.54, 1.807) is 6.92 Å². The van der Waals surface area contributed by atoms with Gasteiger partial charge in [0.15, 0.2) is 12.3 Å². The summed E-state index contributed by atoms with van der Waals surface area (Å²) in [6.07, 6.45) is -0.717. The molecule has 0 spiro atoms. The molecule has 24 heavy (non-hydrogen) atoms. The van der Waals surface area contributed by atoms with Gasteiger partial charge in [-0.2, -0.15) is 0 Å². The van der Waals surface area contributed by atoms with Gasteiger partial charge in [-0.3, -0.25) is 10.1 Å². The number of amides is 2. The van der Waals surface area contributed by atoms with Gasteiger partial charge in [-0.25, -0.2) is 4.79 Å². The standard InChI is InChI=1S/C17H21N3O4/c1-3-20(12-16(21)18-17(22)23-4-2)11-14-10-15(24-19-14)13-8-6-5-7-9-13/h5-10H,3-4,11-12H2,1-2H3,(H,18,21,22)/p+1. The molecular formula is C17H22N3O4+. The summed E-state index contributed by atoms with van der Waals surface area (Å²) in [6, 6.07) is 11.6. The van der Waals surface area contributed by atoms with Crippen molar-refractivity contribution in [3.05, 3.63) is 42.1 Å². The molecule has 1 atom stereocenters. The summed E-state index contributed by atoms with van der Waals surface area (Å²) in [5, 5.41) is 6.26. The molecule has 0 aliphatic carbocycles. The van der Waals surface area contributed by atoms with Crippen molar-refractivity contribution in [2.75, 3.05) is 19.7 Å². The quantitative estimate of drug-likeness (QED) is 0.791. The molecule has 0 fully saturated rings. The summed E-state index contributed by atoms with van der Waals surface area (Å²) in [7, 11) is 0. The van der Waals surface area contributed by atoms with Crippen molar-refractivity contribution in [2.24, 2.45) is 0 Å². The van der Waals surface area contributed by atoms with Gasteiger partial charge in [0.2, 0.25) is 0 Å². The summed E-state index contributed by atoms with van der Waals surface area (Å²) < 4.78 is 10.1. The van der Waals surface area contributed by atoms with Crippen molar-refractivity contribution in [2.45, 2.75) is 20.4 Å². The molecule has 1 aromatic carbocycles. The molecule has 2 N–H and O–H groups in total. The molecule has 0 bridgehead atoms. The lowest BCUT2D eigenvalue weighted by atomic mass is 10.1. The number of quaternary nitrogens is 1. The molecule has 7 heteroatoms. The van der Waals surface area contributed by atoms with E-state index in [-0.39, 0.29) is 19.1 Å². The van der Waals surface area contributed by atoms with Crippen LogP contribution in [0.2, 0.25) is 0 Å². The summed E-state index contributed by atoms with van der Waals surface area (Å²) in [4.78, 5) is 24.1. The smallest absolute Gasteiger partial charge is 0.414 e. The molecule has 2 aromatic rings. The lowest BCUT2D eigenvalue weighted by Crippen LogP contribution is -3.11. The molecule has 2 amide bonds. The minimum atomic E-state index is -0.717. The van der Waals surface area contributed by atoms with E-state index in [1.807, 2.05) is 43.3 Å². The van der Waals surface area contributed by atoms with Gasteiger partial charge in [-0.05, 0) is 13.8 Å². The fourth-order valence-electron chi connectivity index (χ4n) is 2.25. The zero-order chi connectivity index (χ0) is 17.4. The highest BCUT2D eigenvalue weighted by Gasteiger charge is 2.18. The van der Waals surface area contributed by atoms with Crippen LogP contribution in [0.25, 0.3) is 11.3 Å². The second-order valence-electron chi connectivity index (χ2n) is 5.27. The number of nitrogens with zero attached hydrogens (tertiary/aromatic N) is 1. The summed E-state index contributed by atoms with van der Waals surface area (Å²) >= 11 is 0. The number of ether oxygens (including phenoxy) is 1. The minimum Gasteiger partial charge on any atom is -0.450 e. The van der Waals surface area contributed by atoms with E-state index in [0.717, 1.165) is 16.2 Å². The third-order valence-electron chi connectivity index (χ3n) is 3.48. The topological polar surface area (TPSA) is 85.9 Å². The normalized spacial score (nSPS) is 11.8. The number of rotatable bonds is 7. The van der Waals surface area contributed by atoms with Crippen molar-refractivity contribution < 1.29 is 23.7 Å². The van der Waals surface area contributed by atoms with Crippen LogP contribution in [0.3, 0.4) is 0 Å².